The molecule has 0 amide bonds. The van der Waals surface area contributed by atoms with E-state index in [4.69, 9.17) is 0 Å². The van der Waals surface area contributed by atoms with Gasteiger partial charge < -0.3 is 5.32 Å². The maximum absolute atomic E-state index is 12.0. The van der Waals surface area contributed by atoms with E-state index in [2.05, 4.69) is 29.4 Å². The highest BCUT2D eigenvalue weighted by atomic mass is 16.1. The zero-order valence-corrected chi connectivity index (χ0v) is 11.9. The lowest BCUT2D eigenvalue weighted by Crippen LogP contribution is -2.22. The molecule has 2 heterocycles. The van der Waals surface area contributed by atoms with Crippen LogP contribution in [0.5, 0.6) is 0 Å². The fourth-order valence-corrected chi connectivity index (χ4v) is 2.31. The molecule has 0 bridgehead atoms. The van der Waals surface area contributed by atoms with Crippen LogP contribution in [-0.2, 0) is 6.54 Å². The first kappa shape index (κ1) is 13.5. The predicted molar refractivity (Wildman–Crippen MR) is 83.2 cm³/mol. The molecule has 1 aromatic carbocycles. The molecule has 0 radical (unpaired) electrons. The molecule has 3 aromatic rings. The highest BCUT2D eigenvalue weighted by molar-refractivity contribution is 5.38. The van der Waals surface area contributed by atoms with Crippen molar-refractivity contribution < 1.29 is 0 Å². The highest BCUT2D eigenvalue weighted by Gasteiger charge is 2.06. The third-order valence-corrected chi connectivity index (χ3v) is 3.51. The van der Waals surface area contributed by atoms with Gasteiger partial charge in [-0.25, -0.2) is 4.98 Å². The van der Waals surface area contributed by atoms with Crippen molar-refractivity contribution in [3.05, 3.63) is 82.4 Å². The minimum atomic E-state index is -0.0511. The average molecular weight is 279 g/mol. The topological polar surface area (TPSA) is 46.4 Å². The van der Waals surface area contributed by atoms with Crippen LogP contribution in [0, 0.1) is 0 Å². The van der Waals surface area contributed by atoms with Gasteiger partial charge in [0.25, 0.3) is 5.56 Å². The van der Waals surface area contributed by atoms with E-state index < -0.39 is 0 Å². The van der Waals surface area contributed by atoms with Gasteiger partial charge in [-0.2, -0.15) is 0 Å². The van der Waals surface area contributed by atoms with Crippen molar-refractivity contribution in [2.75, 3.05) is 0 Å². The molecule has 4 heteroatoms. The van der Waals surface area contributed by atoms with Crippen molar-refractivity contribution in [1.29, 1.82) is 0 Å². The van der Waals surface area contributed by atoms with Crippen LogP contribution < -0.4 is 10.9 Å². The molecule has 3 rings (SSSR count). The van der Waals surface area contributed by atoms with Crippen LogP contribution in [0.15, 0.2) is 65.6 Å². The molecule has 0 aliphatic heterocycles. The quantitative estimate of drug-likeness (QED) is 0.798. The molecule has 0 unspecified atom stereocenters. The summed E-state index contributed by atoms with van der Waals surface area (Å²) < 4.78 is 1.55. The van der Waals surface area contributed by atoms with E-state index in [0.29, 0.717) is 12.2 Å². The maximum Gasteiger partial charge on any atom is 0.258 e. The van der Waals surface area contributed by atoms with Gasteiger partial charge in [0.05, 0.1) is 5.69 Å². The first-order chi connectivity index (χ1) is 10.2. The Balaban J connectivity index is 1.78. The fraction of sp³-hybridized carbons (Fsp3) is 0.176. The molecule has 0 spiro atoms. The second-order valence-corrected chi connectivity index (χ2v) is 5.03. The number of benzene rings is 1. The molecular formula is C17H17N3O. The van der Waals surface area contributed by atoms with Crippen molar-refractivity contribution in [2.45, 2.75) is 19.5 Å². The van der Waals surface area contributed by atoms with E-state index in [0.717, 1.165) is 5.69 Å². The number of rotatable bonds is 4. The van der Waals surface area contributed by atoms with Gasteiger partial charge in [-0.05, 0) is 24.6 Å². The Morgan fingerprint density at radius 2 is 1.90 bits per heavy atom. The van der Waals surface area contributed by atoms with Gasteiger partial charge in [-0.15, -0.1) is 0 Å². The van der Waals surface area contributed by atoms with Gasteiger partial charge in [-0.1, -0.05) is 36.4 Å². The fourth-order valence-electron chi connectivity index (χ4n) is 2.31. The van der Waals surface area contributed by atoms with Crippen molar-refractivity contribution in [1.82, 2.24) is 14.7 Å². The largest absolute Gasteiger partial charge is 0.305 e. The van der Waals surface area contributed by atoms with Crippen LogP contribution in [0.4, 0.5) is 0 Å². The van der Waals surface area contributed by atoms with Crippen LogP contribution in [0.25, 0.3) is 5.65 Å². The lowest BCUT2D eigenvalue weighted by atomic mass is 10.1. The number of pyridine rings is 1. The normalized spacial score (nSPS) is 12.4. The third kappa shape index (κ3) is 3.01. The molecule has 0 saturated carbocycles. The lowest BCUT2D eigenvalue weighted by molar-refractivity contribution is 0.567. The summed E-state index contributed by atoms with van der Waals surface area (Å²) in [7, 11) is 0. The number of fused-ring (bicyclic) bond motifs is 1. The Hall–Kier alpha value is -2.46. The molecule has 0 aliphatic rings. The minimum absolute atomic E-state index is 0.0511. The highest BCUT2D eigenvalue weighted by Crippen LogP contribution is 2.11. The number of nitrogens with one attached hydrogen (secondary N) is 1. The van der Waals surface area contributed by atoms with E-state index in [1.807, 2.05) is 36.4 Å². The smallest absolute Gasteiger partial charge is 0.258 e. The Morgan fingerprint density at radius 1 is 1.14 bits per heavy atom. The van der Waals surface area contributed by atoms with E-state index >= 15 is 0 Å². The number of aromatic nitrogens is 2. The Kier molecular flexibility index (Phi) is 3.79. The zero-order chi connectivity index (χ0) is 14.7. The lowest BCUT2D eigenvalue weighted by Gasteiger charge is -2.14. The average Bonchev–Trinajstić information content (AvgIpc) is 2.53. The number of nitrogens with zero attached hydrogens (tertiary/aromatic N) is 2. The van der Waals surface area contributed by atoms with Gasteiger partial charge in [0.2, 0.25) is 0 Å². The van der Waals surface area contributed by atoms with E-state index in [1.165, 1.54) is 5.56 Å². The molecule has 0 aliphatic carbocycles. The molecule has 0 fully saturated rings. The van der Waals surface area contributed by atoms with Gasteiger partial charge >= 0.3 is 0 Å². The van der Waals surface area contributed by atoms with Crippen LogP contribution in [-0.4, -0.2) is 9.38 Å². The molecule has 4 nitrogen and oxygen atoms in total. The van der Waals surface area contributed by atoms with E-state index in [1.54, 1.807) is 16.7 Å². The summed E-state index contributed by atoms with van der Waals surface area (Å²) in [6, 6.07) is 17.5. The van der Waals surface area contributed by atoms with Crippen LogP contribution in [0.2, 0.25) is 0 Å². The van der Waals surface area contributed by atoms with Crippen molar-refractivity contribution in [2.24, 2.45) is 0 Å². The SMILES string of the molecule is C[C@@H](NCc1cc(=O)n2ccccc2n1)c1ccccc1. The second kappa shape index (κ2) is 5.89. The maximum atomic E-state index is 12.0. The molecule has 0 saturated heterocycles. The van der Waals surface area contributed by atoms with Crippen molar-refractivity contribution in [3.8, 4) is 0 Å². The molecule has 1 N–H and O–H groups in total. The summed E-state index contributed by atoms with van der Waals surface area (Å²) in [5.41, 5.74) is 2.60. The standard InChI is InChI=1S/C17H17N3O/c1-13(14-7-3-2-4-8-14)18-12-15-11-17(21)20-10-6-5-9-16(20)19-15/h2-11,13,18H,12H2,1H3/t13-/m1/s1. The molecule has 106 valence electrons. The number of hydrogen-bond donors (Lipinski definition) is 1. The molecular weight excluding hydrogens is 262 g/mol. The summed E-state index contributed by atoms with van der Waals surface area (Å²) in [6.07, 6.45) is 1.73. The Bertz CT molecular complexity index is 796. The van der Waals surface area contributed by atoms with Gasteiger partial charge in [-0.3, -0.25) is 9.20 Å². The van der Waals surface area contributed by atoms with E-state index in [9.17, 15) is 4.79 Å². The summed E-state index contributed by atoms with van der Waals surface area (Å²) in [5.74, 6) is 0. The minimum Gasteiger partial charge on any atom is -0.305 e. The van der Waals surface area contributed by atoms with Crippen LogP contribution in [0.3, 0.4) is 0 Å². The Labute approximate surface area is 123 Å². The van der Waals surface area contributed by atoms with Gasteiger partial charge in [0.1, 0.15) is 5.65 Å². The summed E-state index contributed by atoms with van der Waals surface area (Å²) in [5, 5.41) is 3.40. The van der Waals surface area contributed by atoms with E-state index in [-0.39, 0.29) is 11.6 Å². The summed E-state index contributed by atoms with van der Waals surface area (Å²) in [6.45, 7) is 2.67. The predicted octanol–water partition coefficient (Wildman–Crippen LogP) is 2.55. The number of hydrogen-bond acceptors (Lipinski definition) is 3. The molecule has 2 aromatic heterocycles. The van der Waals surface area contributed by atoms with Gasteiger partial charge in [0, 0.05) is 24.8 Å². The zero-order valence-electron chi connectivity index (χ0n) is 11.9. The first-order valence-corrected chi connectivity index (χ1v) is 7.00. The summed E-state index contributed by atoms with van der Waals surface area (Å²) in [4.78, 5) is 16.5. The van der Waals surface area contributed by atoms with Crippen LogP contribution in [0.1, 0.15) is 24.2 Å². The summed E-state index contributed by atoms with van der Waals surface area (Å²) >= 11 is 0. The van der Waals surface area contributed by atoms with Crippen molar-refractivity contribution >= 4 is 5.65 Å². The third-order valence-electron chi connectivity index (χ3n) is 3.51. The van der Waals surface area contributed by atoms with Gasteiger partial charge in [0.15, 0.2) is 0 Å². The van der Waals surface area contributed by atoms with Crippen LogP contribution >= 0.6 is 0 Å². The monoisotopic (exact) mass is 279 g/mol. The first-order valence-electron chi connectivity index (χ1n) is 7.00. The Morgan fingerprint density at radius 3 is 2.71 bits per heavy atom. The molecule has 21 heavy (non-hydrogen) atoms. The molecule has 1 atom stereocenters. The van der Waals surface area contributed by atoms with Crippen molar-refractivity contribution in [3.63, 3.8) is 0 Å². The second-order valence-electron chi connectivity index (χ2n) is 5.03.